The average molecular weight is 557 g/mol. The molecule has 2 amide bonds. The summed E-state index contributed by atoms with van der Waals surface area (Å²) in [4.78, 5) is 30.1. The first-order valence-electron chi connectivity index (χ1n) is 13.0. The predicted molar refractivity (Wildman–Crippen MR) is 147 cm³/mol. The summed E-state index contributed by atoms with van der Waals surface area (Å²) in [6.45, 7) is 5.90. The Balaban J connectivity index is 1.61. The molecule has 2 aromatic rings. The first-order valence-corrected chi connectivity index (χ1v) is 14.5. The number of amides is 2. The second kappa shape index (κ2) is 12.2. The summed E-state index contributed by atoms with van der Waals surface area (Å²) in [6, 6.07) is 13.0. The van der Waals surface area contributed by atoms with Crippen LogP contribution in [0.15, 0.2) is 64.7 Å². The van der Waals surface area contributed by atoms with Crippen molar-refractivity contribution >= 4 is 22.0 Å². The van der Waals surface area contributed by atoms with Gasteiger partial charge in [-0.3, -0.25) is 9.80 Å². The van der Waals surface area contributed by atoms with Gasteiger partial charge in [-0.1, -0.05) is 29.8 Å². The number of carbonyl (C=O) groups is 2. The molecule has 1 atom stereocenters. The van der Waals surface area contributed by atoms with E-state index in [1.807, 2.05) is 19.1 Å². The molecule has 4 rings (SSSR count). The fourth-order valence-electron chi connectivity index (χ4n) is 4.86. The number of esters is 1. The van der Waals surface area contributed by atoms with Gasteiger partial charge in [0.2, 0.25) is 10.0 Å². The zero-order valence-electron chi connectivity index (χ0n) is 22.8. The summed E-state index contributed by atoms with van der Waals surface area (Å²) in [5, 5.41) is 2.92. The molecule has 0 aromatic heterocycles. The molecular formula is C28H36N4O6S. The van der Waals surface area contributed by atoms with Gasteiger partial charge < -0.3 is 14.8 Å². The van der Waals surface area contributed by atoms with Crippen LogP contribution in [0.4, 0.5) is 4.79 Å². The summed E-state index contributed by atoms with van der Waals surface area (Å²) in [5.41, 5.74) is 2.62. The molecule has 10 nitrogen and oxygen atoms in total. The number of aryl methyl sites for hydroxylation is 1. The zero-order valence-corrected chi connectivity index (χ0v) is 23.7. The molecule has 0 unspecified atom stereocenters. The molecule has 11 heteroatoms. The minimum atomic E-state index is -3.62. The Morgan fingerprint density at radius 1 is 1.03 bits per heavy atom. The lowest BCUT2D eigenvalue weighted by Crippen LogP contribution is -2.49. The lowest BCUT2D eigenvalue weighted by molar-refractivity contribution is -0.139. The van der Waals surface area contributed by atoms with E-state index < -0.39 is 22.0 Å². The Hall–Kier alpha value is -3.41. The van der Waals surface area contributed by atoms with Crippen LogP contribution in [0.25, 0.3) is 0 Å². The van der Waals surface area contributed by atoms with E-state index in [2.05, 4.69) is 10.2 Å². The Kier molecular flexibility index (Phi) is 8.94. The van der Waals surface area contributed by atoms with Crippen molar-refractivity contribution in [2.24, 2.45) is 0 Å². The van der Waals surface area contributed by atoms with Crippen molar-refractivity contribution in [2.45, 2.75) is 31.2 Å². The number of sulfonamides is 1. The molecule has 1 N–H and O–H groups in total. The van der Waals surface area contributed by atoms with Crippen LogP contribution >= 0.6 is 0 Å². The first-order chi connectivity index (χ1) is 18.6. The maximum absolute atomic E-state index is 13.3. The highest BCUT2D eigenvalue weighted by atomic mass is 32.2. The number of carbonyl (C=O) groups excluding carboxylic acids is 2. The topological polar surface area (TPSA) is 108 Å². The monoisotopic (exact) mass is 556 g/mol. The van der Waals surface area contributed by atoms with Gasteiger partial charge in [0, 0.05) is 38.9 Å². The number of rotatable bonds is 8. The van der Waals surface area contributed by atoms with Crippen molar-refractivity contribution in [2.75, 3.05) is 53.5 Å². The van der Waals surface area contributed by atoms with Gasteiger partial charge in [0.25, 0.3) is 0 Å². The van der Waals surface area contributed by atoms with Gasteiger partial charge in [0.05, 0.1) is 30.2 Å². The molecule has 1 saturated heterocycles. The second-order valence-electron chi connectivity index (χ2n) is 9.64. The molecular weight excluding hydrogens is 520 g/mol. The molecule has 2 aromatic carbocycles. The third kappa shape index (κ3) is 6.26. The molecule has 1 fully saturated rings. The zero-order chi connectivity index (χ0) is 28.2. The lowest BCUT2D eigenvalue weighted by atomic mass is 9.94. The smallest absolute Gasteiger partial charge is 0.338 e. The third-order valence-corrected chi connectivity index (χ3v) is 9.01. The van der Waals surface area contributed by atoms with E-state index in [9.17, 15) is 18.0 Å². The molecule has 0 bridgehead atoms. The first kappa shape index (κ1) is 28.6. The van der Waals surface area contributed by atoms with Gasteiger partial charge in [0.15, 0.2) is 0 Å². The van der Waals surface area contributed by atoms with Gasteiger partial charge in [0.1, 0.15) is 5.75 Å². The van der Waals surface area contributed by atoms with E-state index in [4.69, 9.17) is 9.47 Å². The third-order valence-electron chi connectivity index (χ3n) is 7.10. The maximum Gasteiger partial charge on any atom is 0.338 e. The van der Waals surface area contributed by atoms with Gasteiger partial charge >= 0.3 is 12.0 Å². The Bertz CT molecular complexity index is 1320. The fraction of sp³-hybridized carbons (Fsp3) is 0.429. The van der Waals surface area contributed by atoms with Crippen LogP contribution in [0.2, 0.25) is 0 Å². The van der Waals surface area contributed by atoms with E-state index >= 15 is 0 Å². The molecule has 0 saturated carbocycles. The highest BCUT2D eigenvalue weighted by Crippen LogP contribution is 2.32. The second-order valence-corrected chi connectivity index (χ2v) is 11.6. The van der Waals surface area contributed by atoms with Gasteiger partial charge in [-0.15, -0.1) is 0 Å². The van der Waals surface area contributed by atoms with Crippen LogP contribution in [0.5, 0.6) is 5.75 Å². The number of hydrogen-bond donors (Lipinski definition) is 1. The Morgan fingerprint density at radius 2 is 1.72 bits per heavy atom. The highest BCUT2D eigenvalue weighted by Gasteiger charge is 2.38. The predicted octanol–water partition coefficient (Wildman–Crippen LogP) is 2.91. The van der Waals surface area contributed by atoms with Gasteiger partial charge in [-0.05, 0) is 56.6 Å². The Morgan fingerprint density at radius 3 is 2.36 bits per heavy atom. The highest BCUT2D eigenvalue weighted by molar-refractivity contribution is 7.89. The standard InChI is InChI=1S/C28H36N4O6S/c1-5-38-27(33)25-24(30(3)28(34)29-26(25)21-9-11-22(37-4)12-10-21)19-31-15-6-16-32(18-17-31)39(35,36)23-13-7-20(2)8-14-23/h7-14,26H,5-6,15-19H2,1-4H3,(H,29,34)/t26-/m0/s1. The molecule has 2 aliphatic rings. The van der Waals surface area contributed by atoms with E-state index in [1.165, 1.54) is 9.21 Å². The minimum Gasteiger partial charge on any atom is -0.497 e. The van der Waals surface area contributed by atoms with E-state index in [1.54, 1.807) is 57.5 Å². The van der Waals surface area contributed by atoms with Crippen molar-refractivity contribution in [3.63, 3.8) is 0 Å². The summed E-state index contributed by atoms with van der Waals surface area (Å²) in [5.74, 6) is 0.160. The van der Waals surface area contributed by atoms with Crippen molar-refractivity contribution in [1.82, 2.24) is 19.4 Å². The van der Waals surface area contributed by atoms with E-state index in [0.29, 0.717) is 56.2 Å². The van der Waals surface area contributed by atoms with E-state index in [0.717, 1.165) is 11.1 Å². The normalized spacial score (nSPS) is 19.4. The van der Waals surface area contributed by atoms with Gasteiger partial charge in [-0.25, -0.2) is 18.0 Å². The summed E-state index contributed by atoms with van der Waals surface area (Å²) in [7, 11) is -0.427. The van der Waals surface area contributed by atoms with Crippen molar-refractivity contribution in [3.05, 3.63) is 70.9 Å². The van der Waals surface area contributed by atoms with Crippen LogP contribution in [0.3, 0.4) is 0 Å². The molecule has 210 valence electrons. The molecule has 2 aliphatic heterocycles. The van der Waals surface area contributed by atoms with Crippen molar-refractivity contribution in [3.8, 4) is 5.75 Å². The quantitative estimate of drug-likeness (QED) is 0.498. The fourth-order valence-corrected chi connectivity index (χ4v) is 6.33. The summed E-state index contributed by atoms with van der Waals surface area (Å²) >= 11 is 0. The summed E-state index contributed by atoms with van der Waals surface area (Å²) < 4.78 is 38.7. The van der Waals surface area contributed by atoms with Crippen molar-refractivity contribution < 1.29 is 27.5 Å². The number of nitrogens with one attached hydrogen (secondary N) is 1. The number of benzene rings is 2. The largest absolute Gasteiger partial charge is 0.497 e. The summed E-state index contributed by atoms with van der Waals surface area (Å²) in [6.07, 6.45) is 0.616. The molecule has 0 spiro atoms. The number of urea groups is 1. The number of likely N-dealkylation sites (N-methyl/N-ethyl adjacent to an activating group) is 1. The Labute approximate surface area is 230 Å². The minimum absolute atomic E-state index is 0.193. The number of nitrogens with zero attached hydrogens (tertiary/aromatic N) is 3. The molecule has 2 heterocycles. The molecule has 39 heavy (non-hydrogen) atoms. The van der Waals surface area contributed by atoms with E-state index in [-0.39, 0.29) is 17.5 Å². The number of methoxy groups -OCH3 is 1. The lowest BCUT2D eigenvalue weighted by Gasteiger charge is -2.36. The average Bonchev–Trinajstić information content (AvgIpc) is 3.17. The SMILES string of the molecule is CCOC(=O)C1=C(CN2CCCN(S(=O)(=O)c3ccc(C)cc3)CC2)N(C)C(=O)N[C@H]1c1ccc(OC)cc1. The number of ether oxygens (including phenoxy) is 2. The van der Waals surface area contributed by atoms with Crippen LogP contribution in [-0.2, 0) is 19.6 Å². The maximum atomic E-state index is 13.3. The number of hydrogen-bond acceptors (Lipinski definition) is 7. The van der Waals surface area contributed by atoms with Gasteiger partial charge in [-0.2, -0.15) is 4.31 Å². The van der Waals surface area contributed by atoms with Crippen LogP contribution < -0.4 is 10.1 Å². The van der Waals surface area contributed by atoms with Crippen LogP contribution in [0.1, 0.15) is 30.5 Å². The molecule has 0 aliphatic carbocycles. The molecule has 0 radical (unpaired) electrons. The van der Waals surface area contributed by atoms with Crippen LogP contribution in [-0.4, -0.2) is 88.0 Å². The van der Waals surface area contributed by atoms with Crippen molar-refractivity contribution in [1.29, 1.82) is 0 Å². The van der Waals surface area contributed by atoms with Crippen LogP contribution in [0, 0.1) is 6.92 Å².